The molecule has 0 spiro atoms. The Kier molecular flexibility index (Phi) is 4.52. The van der Waals surface area contributed by atoms with Crippen LogP contribution >= 0.6 is 0 Å². The second-order valence-corrected chi connectivity index (χ2v) is 3.15. The van der Waals surface area contributed by atoms with Gasteiger partial charge in [-0.2, -0.15) is 0 Å². The second kappa shape index (κ2) is 5.68. The number of nitrogens with one attached hydrogen (secondary N) is 1. The summed E-state index contributed by atoms with van der Waals surface area (Å²) in [6.07, 6.45) is 0. The highest BCUT2D eigenvalue weighted by Gasteiger charge is 2.18. The largest absolute Gasteiger partial charge is 0.496 e. The summed E-state index contributed by atoms with van der Waals surface area (Å²) < 4.78 is 23.8. The Morgan fingerprint density at radius 2 is 2.13 bits per heavy atom. The molecule has 1 atom stereocenters. The number of halogens is 1. The molecule has 0 heterocycles. The number of ether oxygens (including phenoxy) is 2. The zero-order valence-corrected chi connectivity index (χ0v) is 9.21. The SMILES string of the molecule is CNC(COC)c1c(F)cccc1OC. The van der Waals surface area contributed by atoms with Crippen LogP contribution in [-0.4, -0.2) is 27.9 Å². The standard InChI is InChI=1S/C11H16FNO2/c1-13-9(7-14-2)11-8(12)5-4-6-10(11)15-3/h4-6,9,13H,7H2,1-3H3. The quantitative estimate of drug-likeness (QED) is 0.808. The average Bonchev–Trinajstić information content (AvgIpc) is 2.26. The number of hydrogen-bond acceptors (Lipinski definition) is 3. The average molecular weight is 213 g/mol. The van der Waals surface area contributed by atoms with Crippen molar-refractivity contribution in [1.29, 1.82) is 0 Å². The van der Waals surface area contributed by atoms with Crippen molar-refractivity contribution in [1.82, 2.24) is 5.32 Å². The van der Waals surface area contributed by atoms with Crippen molar-refractivity contribution in [3.63, 3.8) is 0 Å². The maximum atomic E-state index is 13.6. The molecule has 1 aromatic rings. The third-order valence-corrected chi connectivity index (χ3v) is 2.26. The second-order valence-electron chi connectivity index (χ2n) is 3.15. The van der Waals surface area contributed by atoms with E-state index < -0.39 is 0 Å². The maximum Gasteiger partial charge on any atom is 0.131 e. The van der Waals surface area contributed by atoms with Crippen molar-refractivity contribution in [3.05, 3.63) is 29.6 Å². The summed E-state index contributed by atoms with van der Waals surface area (Å²) in [6.45, 7) is 0.397. The molecule has 0 saturated heterocycles. The van der Waals surface area contributed by atoms with E-state index in [0.29, 0.717) is 17.9 Å². The number of benzene rings is 1. The molecule has 0 aliphatic heterocycles. The lowest BCUT2D eigenvalue weighted by Gasteiger charge is -2.19. The van der Waals surface area contributed by atoms with Crippen LogP contribution < -0.4 is 10.1 Å². The zero-order chi connectivity index (χ0) is 11.3. The number of hydrogen-bond donors (Lipinski definition) is 1. The first kappa shape index (κ1) is 11.9. The molecule has 1 aromatic carbocycles. The fourth-order valence-electron chi connectivity index (χ4n) is 1.51. The summed E-state index contributed by atoms with van der Waals surface area (Å²) in [4.78, 5) is 0. The van der Waals surface area contributed by atoms with Crippen molar-refractivity contribution in [3.8, 4) is 5.75 Å². The minimum absolute atomic E-state index is 0.203. The highest BCUT2D eigenvalue weighted by Crippen LogP contribution is 2.27. The third kappa shape index (κ3) is 2.67. The van der Waals surface area contributed by atoms with Crippen LogP contribution in [0.25, 0.3) is 0 Å². The van der Waals surface area contributed by atoms with Gasteiger partial charge >= 0.3 is 0 Å². The van der Waals surface area contributed by atoms with Crippen LogP contribution in [0.2, 0.25) is 0 Å². The minimum Gasteiger partial charge on any atom is -0.496 e. The molecule has 0 amide bonds. The normalized spacial score (nSPS) is 12.5. The van der Waals surface area contributed by atoms with Gasteiger partial charge in [0.1, 0.15) is 11.6 Å². The molecule has 0 aromatic heterocycles. The summed E-state index contributed by atoms with van der Waals surface area (Å²) in [5.41, 5.74) is 0.504. The molecule has 0 bridgehead atoms. The van der Waals surface area contributed by atoms with Crippen LogP contribution in [0.15, 0.2) is 18.2 Å². The van der Waals surface area contributed by atoms with Gasteiger partial charge in [0.25, 0.3) is 0 Å². The Hall–Kier alpha value is -1.13. The lowest BCUT2D eigenvalue weighted by Crippen LogP contribution is -2.22. The van der Waals surface area contributed by atoms with Crippen LogP contribution in [0.4, 0.5) is 4.39 Å². The lowest BCUT2D eigenvalue weighted by atomic mass is 10.1. The molecule has 0 fully saturated rings. The summed E-state index contributed by atoms with van der Waals surface area (Å²) in [7, 11) is 4.87. The molecular weight excluding hydrogens is 197 g/mol. The molecule has 3 nitrogen and oxygen atoms in total. The molecule has 0 aliphatic rings. The highest BCUT2D eigenvalue weighted by atomic mass is 19.1. The lowest BCUT2D eigenvalue weighted by molar-refractivity contribution is 0.167. The molecule has 1 N–H and O–H groups in total. The van der Waals surface area contributed by atoms with Crippen molar-refractivity contribution in [2.24, 2.45) is 0 Å². The Morgan fingerprint density at radius 1 is 1.40 bits per heavy atom. The molecule has 1 rings (SSSR count). The van der Waals surface area contributed by atoms with Gasteiger partial charge in [0.2, 0.25) is 0 Å². The van der Waals surface area contributed by atoms with Gasteiger partial charge in [0.05, 0.1) is 19.8 Å². The van der Waals surface area contributed by atoms with Crippen molar-refractivity contribution in [2.75, 3.05) is 27.9 Å². The smallest absolute Gasteiger partial charge is 0.131 e. The first-order valence-corrected chi connectivity index (χ1v) is 4.73. The fourth-order valence-corrected chi connectivity index (χ4v) is 1.51. The Bertz CT molecular complexity index is 317. The Balaban J connectivity index is 3.08. The zero-order valence-electron chi connectivity index (χ0n) is 9.21. The first-order chi connectivity index (χ1) is 7.24. The van der Waals surface area contributed by atoms with E-state index in [1.807, 2.05) is 0 Å². The molecule has 0 aliphatic carbocycles. The molecule has 0 radical (unpaired) electrons. The van der Waals surface area contributed by atoms with Gasteiger partial charge in [-0.05, 0) is 19.2 Å². The van der Waals surface area contributed by atoms with Gasteiger partial charge in [-0.25, -0.2) is 4.39 Å². The molecule has 84 valence electrons. The van der Waals surface area contributed by atoms with Gasteiger partial charge in [0.15, 0.2) is 0 Å². The van der Waals surface area contributed by atoms with Gasteiger partial charge in [-0.1, -0.05) is 6.07 Å². The maximum absolute atomic E-state index is 13.6. The van der Waals surface area contributed by atoms with E-state index in [9.17, 15) is 4.39 Å². The van der Waals surface area contributed by atoms with E-state index in [0.717, 1.165) is 0 Å². The van der Waals surface area contributed by atoms with Crippen LogP contribution in [0.1, 0.15) is 11.6 Å². The van der Waals surface area contributed by atoms with Crippen LogP contribution in [-0.2, 0) is 4.74 Å². The van der Waals surface area contributed by atoms with E-state index in [1.54, 1.807) is 26.3 Å². The summed E-state index contributed by atoms with van der Waals surface area (Å²) in [5, 5.41) is 2.99. The highest BCUT2D eigenvalue weighted by molar-refractivity contribution is 5.37. The summed E-state index contributed by atoms with van der Waals surface area (Å²) in [5.74, 6) is 0.247. The third-order valence-electron chi connectivity index (χ3n) is 2.26. The molecular formula is C11H16FNO2. The fraction of sp³-hybridized carbons (Fsp3) is 0.455. The van der Waals surface area contributed by atoms with E-state index in [4.69, 9.17) is 9.47 Å². The van der Waals surface area contributed by atoms with E-state index >= 15 is 0 Å². The van der Waals surface area contributed by atoms with Gasteiger partial charge in [-0.15, -0.1) is 0 Å². The predicted octanol–water partition coefficient (Wildman–Crippen LogP) is 1.74. The van der Waals surface area contributed by atoms with E-state index in [-0.39, 0.29) is 11.9 Å². The van der Waals surface area contributed by atoms with Gasteiger partial charge in [-0.3, -0.25) is 0 Å². The van der Waals surface area contributed by atoms with Crippen molar-refractivity contribution >= 4 is 0 Å². The Labute approximate surface area is 89.2 Å². The number of methoxy groups -OCH3 is 2. The van der Waals surface area contributed by atoms with Crippen LogP contribution in [0.3, 0.4) is 0 Å². The first-order valence-electron chi connectivity index (χ1n) is 4.73. The van der Waals surface area contributed by atoms with Crippen LogP contribution in [0.5, 0.6) is 5.75 Å². The van der Waals surface area contributed by atoms with Crippen molar-refractivity contribution in [2.45, 2.75) is 6.04 Å². The molecule has 1 unspecified atom stereocenters. The summed E-state index contributed by atoms with van der Waals surface area (Å²) in [6, 6.07) is 4.57. The van der Waals surface area contributed by atoms with E-state index in [1.165, 1.54) is 13.2 Å². The monoisotopic (exact) mass is 213 g/mol. The predicted molar refractivity (Wildman–Crippen MR) is 56.6 cm³/mol. The molecule has 15 heavy (non-hydrogen) atoms. The molecule has 4 heteroatoms. The topological polar surface area (TPSA) is 30.5 Å². The van der Waals surface area contributed by atoms with E-state index in [2.05, 4.69) is 5.32 Å². The Morgan fingerprint density at radius 3 is 2.67 bits per heavy atom. The van der Waals surface area contributed by atoms with Gasteiger partial charge < -0.3 is 14.8 Å². The summed E-state index contributed by atoms with van der Waals surface area (Å²) >= 11 is 0. The number of likely N-dealkylation sites (N-methyl/N-ethyl adjacent to an activating group) is 1. The van der Waals surface area contributed by atoms with Crippen LogP contribution in [0, 0.1) is 5.82 Å². The minimum atomic E-state index is -0.286. The number of rotatable bonds is 5. The van der Waals surface area contributed by atoms with Gasteiger partial charge in [0, 0.05) is 12.7 Å². The molecule has 0 saturated carbocycles. The van der Waals surface area contributed by atoms with Crippen molar-refractivity contribution < 1.29 is 13.9 Å².